The number of rotatable bonds is 7. The van der Waals surface area contributed by atoms with Gasteiger partial charge in [0, 0.05) is 12.3 Å². The molecular weight excluding hydrogens is 260 g/mol. The Morgan fingerprint density at radius 3 is 2.57 bits per heavy atom. The second kappa shape index (κ2) is 8.61. The van der Waals surface area contributed by atoms with Crippen LogP contribution in [0, 0.1) is 17.8 Å². The quantitative estimate of drug-likeness (QED) is 0.426. The lowest BCUT2D eigenvalue weighted by Gasteiger charge is -2.25. The minimum atomic E-state index is -1.03. The van der Waals surface area contributed by atoms with Gasteiger partial charge in [-0.1, -0.05) is 51.0 Å². The van der Waals surface area contributed by atoms with Crippen LogP contribution in [0.3, 0.4) is 0 Å². The van der Waals surface area contributed by atoms with E-state index in [0.29, 0.717) is 6.61 Å². The largest absolute Gasteiger partial charge is 0.375 e. The van der Waals surface area contributed by atoms with Crippen LogP contribution in [0.5, 0.6) is 0 Å². The highest BCUT2D eigenvalue weighted by molar-refractivity contribution is 5.26. The van der Waals surface area contributed by atoms with Gasteiger partial charge in [0.05, 0.1) is 12.2 Å². The van der Waals surface area contributed by atoms with Crippen LogP contribution in [0.1, 0.15) is 72.6 Å². The van der Waals surface area contributed by atoms with Crippen LogP contribution < -0.4 is 0 Å². The van der Waals surface area contributed by atoms with E-state index in [1.807, 2.05) is 6.08 Å². The summed E-state index contributed by atoms with van der Waals surface area (Å²) in [6, 6.07) is 0. The summed E-state index contributed by atoms with van der Waals surface area (Å²) in [4.78, 5) is 0. The molecule has 0 aromatic heterocycles. The molecule has 0 bridgehead atoms. The summed E-state index contributed by atoms with van der Waals surface area (Å²) in [5.74, 6) is 6.36. The van der Waals surface area contributed by atoms with Crippen LogP contribution >= 0.6 is 0 Å². The fraction of sp³-hybridized carbons (Fsp3) is 0.789. The Morgan fingerprint density at radius 1 is 1.29 bits per heavy atom. The van der Waals surface area contributed by atoms with Crippen LogP contribution in [0.25, 0.3) is 0 Å². The lowest BCUT2D eigenvalue weighted by atomic mass is 9.82. The third-order valence-electron chi connectivity index (χ3n) is 4.08. The first-order valence-electron chi connectivity index (χ1n) is 8.47. The second-order valence-corrected chi connectivity index (χ2v) is 6.75. The predicted molar refractivity (Wildman–Crippen MR) is 89.1 cm³/mol. The molecule has 0 radical (unpaired) electrons. The summed E-state index contributed by atoms with van der Waals surface area (Å²) in [5, 5.41) is 11.0. The second-order valence-electron chi connectivity index (χ2n) is 6.75. The van der Waals surface area contributed by atoms with Crippen molar-refractivity contribution < 1.29 is 9.84 Å². The van der Waals surface area contributed by atoms with Crippen molar-refractivity contribution in [3.63, 3.8) is 0 Å². The molecule has 1 rings (SSSR count). The average molecular weight is 292 g/mol. The molecule has 2 heteroatoms. The van der Waals surface area contributed by atoms with Crippen molar-refractivity contribution in [2.75, 3.05) is 6.61 Å². The van der Waals surface area contributed by atoms with E-state index in [-0.39, 0.29) is 11.5 Å². The van der Waals surface area contributed by atoms with Gasteiger partial charge in [0.15, 0.2) is 0 Å². The topological polar surface area (TPSA) is 29.5 Å². The van der Waals surface area contributed by atoms with Gasteiger partial charge >= 0.3 is 0 Å². The van der Waals surface area contributed by atoms with Gasteiger partial charge in [-0.3, -0.25) is 0 Å². The molecule has 2 atom stereocenters. The van der Waals surface area contributed by atoms with E-state index < -0.39 is 5.60 Å². The molecule has 0 spiro atoms. The molecule has 0 aromatic rings. The molecule has 1 heterocycles. The first-order valence-corrected chi connectivity index (χ1v) is 8.47. The van der Waals surface area contributed by atoms with Crippen molar-refractivity contribution in [3.05, 3.63) is 12.2 Å². The maximum absolute atomic E-state index is 11.0. The van der Waals surface area contributed by atoms with Gasteiger partial charge in [-0.2, -0.15) is 0 Å². The number of aliphatic hydroxyl groups is 1. The Kier molecular flexibility index (Phi) is 7.49. The fourth-order valence-electron chi connectivity index (χ4n) is 2.65. The smallest absolute Gasteiger partial charge is 0.149 e. The Morgan fingerprint density at radius 2 is 2.00 bits per heavy atom. The van der Waals surface area contributed by atoms with Crippen molar-refractivity contribution in [2.45, 2.75) is 83.8 Å². The zero-order valence-electron chi connectivity index (χ0n) is 14.2. The highest BCUT2D eigenvalue weighted by Gasteiger charge is 2.42. The van der Waals surface area contributed by atoms with E-state index in [1.54, 1.807) is 0 Å². The number of allylic oxidation sites excluding steroid dienone is 1. The molecule has 2 nitrogen and oxygen atoms in total. The first-order chi connectivity index (χ1) is 9.93. The van der Waals surface area contributed by atoms with Crippen molar-refractivity contribution in [3.8, 4) is 11.8 Å². The van der Waals surface area contributed by atoms with E-state index in [0.717, 1.165) is 38.5 Å². The van der Waals surface area contributed by atoms with Gasteiger partial charge in [0.25, 0.3) is 0 Å². The number of unbranched alkanes of at least 4 members (excludes halogenated alkanes) is 4. The maximum atomic E-state index is 11.0. The van der Waals surface area contributed by atoms with Crippen molar-refractivity contribution in [1.29, 1.82) is 0 Å². The van der Waals surface area contributed by atoms with Crippen LogP contribution in [0.2, 0.25) is 0 Å². The summed E-state index contributed by atoms with van der Waals surface area (Å²) in [6.45, 7) is 9.09. The van der Waals surface area contributed by atoms with Crippen LogP contribution in [0.4, 0.5) is 0 Å². The number of hydrogen-bond acceptors (Lipinski definition) is 2. The van der Waals surface area contributed by atoms with Crippen LogP contribution in [-0.4, -0.2) is 22.9 Å². The zero-order chi connectivity index (χ0) is 15.8. The fourth-order valence-corrected chi connectivity index (χ4v) is 2.65. The number of hydrogen-bond donors (Lipinski definition) is 1. The van der Waals surface area contributed by atoms with Gasteiger partial charge in [0.1, 0.15) is 5.60 Å². The molecule has 1 aliphatic heterocycles. The lowest BCUT2D eigenvalue weighted by molar-refractivity contribution is 0.0270. The van der Waals surface area contributed by atoms with Crippen LogP contribution in [0.15, 0.2) is 12.2 Å². The Hall–Kier alpha value is -0.780. The third-order valence-corrected chi connectivity index (χ3v) is 4.08. The average Bonchev–Trinajstić information content (AvgIpc) is 2.81. The third kappa shape index (κ3) is 6.24. The maximum Gasteiger partial charge on any atom is 0.149 e. The van der Waals surface area contributed by atoms with Gasteiger partial charge in [0.2, 0.25) is 0 Å². The standard InChI is InChI=1S/C19H32O2/c1-5-7-9-11-13-19(20,14-12-10-8-6-2)17-15-18(3,4)21-16-17/h11,13,17,20H,5-10,15-16H2,1-4H3/b13-11+/t17-,19-/m1/s1. The molecule has 120 valence electrons. The van der Waals surface area contributed by atoms with Crippen LogP contribution in [-0.2, 0) is 4.74 Å². The summed E-state index contributed by atoms with van der Waals surface area (Å²) < 4.78 is 5.79. The molecule has 21 heavy (non-hydrogen) atoms. The molecule has 1 aliphatic rings. The Balaban J connectivity index is 2.77. The SMILES string of the molecule is CCCCC#C[C@](O)(/C=C/CCCC)[C@H]1COC(C)(C)C1. The molecular formula is C19H32O2. The van der Waals surface area contributed by atoms with E-state index in [9.17, 15) is 5.11 Å². The molecule has 0 unspecified atom stereocenters. The number of ether oxygens (including phenoxy) is 1. The normalized spacial score (nSPS) is 23.8. The van der Waals surface area contributed by atoms with E-state index in [2.05, 4.69) is 45.6 Å². The summed E-state index contributed by atoms with van der Waals surface area (Å²) in [7, 11) is 0. The van der Waals surface area contributed by atoms with Gasteiger partial charge in [-0.15, -0.1) is 0 Å². The molecule has 0 aliphatic carbocycles. The molecule has 1 fully saturated rings. The lowest BCUT2D eigenvalue weighted by Crippen LogP contribution is -2.35. The zero-order valence-corrected chi connectivity index (χ0v) is 14.2. The minimum absolute atomic E-state index is 0.0690. The van der Waals surface area contributed by atoms with Crippen molar-refractivity contribution >= 4 is 0 Å². The van der Waals surface area contributed by atoms with Gasteiger partial charge in [-0.25, -0.2) is 0 Å². The van der Waals surface area contributed by atoms with E-state index in [1.165, 1.54) is 6.42 Å². The highest BCUT2D eigenvalue weighted by Crippen LogP contribution is 2.36. The monoisotopic (exact) mass is 292 g/mol. The molecule has 0 amide bonds. The molecule has 0 saturated carbocycles. The van der Waals surface area contributed by atoms with Crippen molar-refractivity contribution in [2.24, 2.45) is 5.92 Å². The Bertz CT molecular complexity index is 386. The van der Waals surface area contributed by atoms with Gasteiger partial charge in [-0.05, 0) is 39.2 Å². The molecule has 1 saturated heterocycles. The van der Waals surface area contributed by atoms with E-state index in [4.69, 9.17) is 4.74 Å². The summed E-state index contributed by atoms with van der Waals surface area (Å²) in [5.41, 5.74) is -1.18. The van der Waals surface area contributed by atoms with E-state index >= 15 is 0 Å². The first kappa shape index (κ1) is 18.3. The summed E-state index contributed by atoms with van der Waals surface area (Å²) in [6.07, 6.45) is 11.3. The summed E-state index contributed by atoms with van der Waals surface area (Å²) >= 11 is 0. The van der Waals surface area contributed by atoms with Crippen molar-refractivity contribution in [1.82, 2.24) is 0 Å². The Labute approximate surface area is 131 Å². The van der Waals surface area contributed by atoms with Gasteiger partial charge < -0.3 is 9.84 Å². The highest BCUT2D eigenvalue weighted by atomic mass is 16.5. The molecule has 1 N–H and O–H groups in total. The minimum Gasteiger partial charge on any atom is -0.375 e. The predicted octanol–water partition coefficient (Wildman–Crippen LogP) is 4.47. The molecule has 0 aromatic carbocycles.